The molecule has 0 heterocycles. The van der Waals surface area contributed by atoms with Gasteiger partial charge in [0.1, 0.15) is 5.75 Å². The van der Waals surface area contributed by atoms with E-state index >= 15 is 0 Å². The van der Waals surface area contributed by atoms with Gasteiger partial charge in [0.25, 0.3) is 0 Å². The predicted octanol–water partition coefficient (Wildman–Crippen LogP) is 3.33. The van der Waals surface area contributed by atoms with Crippen LogP contribution in [0.1, 0.15) is 43.1 Å². The fourth-order valence-corrected chi connectivity index (χ4v) is 1.86. The van der Waals surface area contributed by atoms with Crippen LogP contribution < -0.4 is 4.74 Å². The zero-order chi connectivity index (χ0) is 13.0. The SMILES string of the molecule is CCC(OC)c1ccc(C)c(C)c1OC(C)=O. The molecular weight excluding hydrogens is 216 g/mol. The van der Waals surface area contributed by atoms with Crippen molar-refractivity contribution in [2.24, 2.45) is 0 Å². The van der Waals surface area contributed by atoms with Crippen molar-refractivity contribution in [2.45, 2.75) is 40.2 Å². The van der Waals surface area contributed by atoms with E-state index in [-0.39, 0.29) is 12.1 Å². The van der Waals surface area contributed by atoms with Crippen LogP contribution >= 0.6 is 0 Å². The van der Waals surface area contributed by atoms with E-state index in [0.29, 0.717) is 5.75 Å². The van der Waals surface area contributed by atoms with Crippen molar-refractivity contribution in [3.63, 3.8) is 0 Å². The Labute approximate surface area is 103 Å². The van der Waals surface area contributed by atoms with Crippen LogP contribution in [0.25, 0.3) is 0 Å². The van der Waals surface area contributed by atoms with Gasteiger partial charge in [-0.25, -0.2) is 0 Å². The normalized spacial score (nSPS) is 12.3. The summed E-state index contributed by atoms with van der Waals surface area (Å²) in [5, 5.41) is 0. The zero-order valence-corrected chi connectivity index (χ0v) is 11.2. The summed E-state index contributed by atoms with van der Waals surface area (Å²) in [6.07, 6.45) is 0.802. The van der Waals surface area contributed by atoms with Gasteiger partial charge < -0.3 is 9.47 Å². The molecule has 0 saturated heterocycles. The third-order valence-corrected chi connectivity index (χ3v) is 2.96. The molecule has 1 unspecified atom stereocenters. The van der Waals surface area contributed by atoms with Gasteiger partial charge in [-0.1, -0.05) is 19.1 Å². The van der Waals surface area contributed by atoms with Gasteiger partial charge in [-0.2, -0.15) is 0 Å². The fourth-order valence-electron chi connectivity index (χ4n) is 1.86. The highest BCUT2D eigenvalue weighted by Crippen LogP contribution is 2.34. The number of benzene rings is 1. The highest BCUT2D eigenvalue weighted by atomic mass is 16.5. The third-order valence-electron chi connectivity index (χ3n) is 2.96. The maximum absolute atomic E-state index is 11.2. The zero-order valence-electron chi connectivity index (χ0n) is 11.2. The second-order valence-corrected chi connectivity index (χ2v) is 4.15. The molecule has 1 aromatic carbocycles. The monoisotopic (exact) mass is 236 g/mol. The van der Waals surface area contributed by atoms with Crippen LogP contribution in [-0.2, 0) is 9.53 Å². The first-order valence-corrected chi connectivity index (χ1v) is 5.82. The van der Waals surface area contributed by atoms with E-state index in [9.17, 15) is 4.79 Å². The summed E-state index contributed by atoms with van der Waals surface area (Å²) in [4.78, 5) is 11.2. The van der Waals surface area contributed by atoms with Gasteiger partial charge in [-0.15, -0.1) is 0 Å². The number of esters is 1. The van der Waals surface area contributed by atoms with E-state index in [1.54, 1.807) is 7.11 Å². The molecule has 0 N–H and O–H groups in total. The smallest absolute Gasteiger partial charge is 0.308 e. The minimum atomic E-state index is -0.300. The van der Waals surface area contributed by atoms with Crippen molar-refractivity contribution >= 4 is 5.97 Å². The van der Waals surface area contributed by atoms with Crippen molar-refractivity contribution in [1.82, 2.24) is 0 Å². The van der Waals surface area contributed by atoms with Crippen LogP contribution in [0.15, 0.2) is 12.1 Å². The van der Waals surface area contributed by atoms with E-state index in [4.69, 9.17) is 9.47 Å². The molecule has 1 aromatic rings. The van der Waals surface area contributed by atoms with E-state index < -0.39 is 0 Å². The largest absolute Gasteiger partial charge is 0.426 e. The first kappa shape index (κ1) is 13.7. The van der Waals surface area contributed by atoms with Gasteiger partial charge in [0.05, 0.1) is 6.10 Å². The molecule has 0 amide bonds. The molecule has 0 aliphatic rings. The minimum Gasteiger partial charge on any atom is -0.426 e. The third kappa shape index (κ3) is 3.07. The summed E-state index contributed by atoms with van der Waals surface area (Å²) < 4.78 is 10.7. The van der Waals surface area contributed by atoms with Gasteiger partial charge in [0.15, 0.2) is 0 Å². The maximum Gasteiger partial charge on any atom is 0.308 e. The Hall–Kier alpha value is -1.35. The molecule has 0 fully saturated rings. The average molecular weight is 236 g/mol. The van der Waals surface area contributed by atoms with Crippen LogP contribution in [0, 0.1) is 13.8 Å². The topological polar surface area (TPSA) is 35.5 Å². The molecule has 0 spiro atoms. The Balaban J connectivity index is 3.28. The van der Waals surface area contributed by atoms with Crippen molar-refractivity contribution < 1.29 is 14.3 Å². The van der Waals surface area contributed by atoms with Crippen molar-refractivity contribution in [3.8, 4) is 5.75 Å². The van der Waals surface area contributed by atoms with Gasteiger partial charge in [-0.3, -0.25) is 4.79 Å². The lowest BCUT2D eigenvalue weighted by Gasteiger charge is -2.19. The van der Waals surface area contributed by atoms with Crippen LogP contribution in [0.5, 0.6) is 5.75 Å². The molecule has 0 aromatic heterocycles. The first-order chi connectivity index (χ1) is 8.01. The van der Waals surface area contributed by atoms with Crippen molar-refractivity contribution in [3.05, 3.63) is 28.8 Å². The van der Waals surface area contributed by atoms with Gasteiger partial charge >= 0.3 is 5.97 Å². The molecule has 3 heteroatoms. The Morgan fingerprint density at radius 2 is 2.00 bits per heavy atom. The molecule has 1 rings (SSSR count). The van der Waals surface area contributed by atoms with E-state index in [1.165, 1.54) is 6.92 Å². The van der Waals surface area contributed by atoms with E-state index in [0.717, 1.165) is 23.1 Å². The maximum atomic E-state index is 11.2. The second-order valence-electron chi connectivity index (χ2n) is 4.15. The number of aryl methyl sites for hydroxylation is 1. The van der Waals surface area contributed by atoms with E-state index in [2.05, 4.69) is 0 Å². The van der Waals surface area contributed by atoms with Gasteiger partial charge in [-0.05, 0) is 31.4 Å². The quantitative estimate of drug-likeness (QED) is 0.594. The van der Waals surface area contributed by atoms with Crippen LogP contribution in [0.4, 0.5) is 0 Å². The summed E-state index contributed by atoms with van der Waals surface area (Å²) in [6.45, 7) is 7.42. The molecular formula is C14H20O3. The first-order valence-electron chi connectivity index (χ1n) is 5.82. The summed E-state index contributed by atoms with van der Waals surface area (Å²) in [6, 6.07) is 4.00. The van der Waals surface area contributed by atoms with Crippen molar-refractivity contribution in [1.29, 1.82) is 0 Å². The number of methoxy groups -OCH3 is 1. The van der Waals surface area contributed by atoms with Crippen LogP contribution in [0.3, 0.4) is 0 Å². The average Bonchev–Trinajstić information content (AvgIpc) is 2.28. The Morgan fingerprint density at radius 3 is 2.47 bits per heavy atom. The van der Waals surface area contributed by atoms with E-state index in [1.807, 2.05) is 32.9 Å². The Kier molecular flexibility index (Phi) is 4.70. The lowest BCUT2D eigenvalue weighted by atomic mass is 9.99. The molecule has 0 aliphatic heterocycles. The highest BCUT2D eigenvalue weighted by molar-refractivity contribution is 5.70. The van der Waals surface area contributed by atoms with Gasteiger partial charge in [0.2, 0.25) is 0 Å². The van der Waals surface area contributed by atoms with Gasteiger partial charge in [0, 0.05) is 19.6 Å². The number of carbonyl (C=O) groups excluding carboxylic acids is 1. The lowest BCUT2D eigenvalue weighted by molar-refractivity contribution is -0.132. The molecule has 0 aliphatic carbocycles. The minimum absolute atomic E-state index is 0.0383. The van der Waals surface area contributed by atoms with Crippen LogP contribution in [0.2, 0.25) is 0 Å². The summed E-state index contributed by atoms with van der Waals surface area (Å²) in [5.41, 5.74) is 3.04. The summed E-state index contributed by atoms with van der Waals surface area (Å²) in [7, 11) is 1.67. The number of ether oxygens (including phenoxy) is 2. The molecule has 0 bridgehead atoms. The molecule has 0 saturated carbocycles. The lowest BCUT2D eigenvalue weighted by Crippen LogP contribution is -2.10. The Morgan fingerprint density at radius 1 is 1.35 bits per heavy atom. The molecule has 94 valence electrons. The van der Waals surface area contributed by atoms with Crippen molar-refractivity contribution in [2.75, 3.05) is 7.11 Å². The Bertz CT molecular complexity index is 406. The summed E-state index contributed by atoms with van der Waals surface area (Å²) >= 11 is 0. The number of carbonyl (C=O) groups is 1. The molecule has 3 nitrogen and oxygen atoms in total. The number of hydrogen-bond donors (Lipinski definition) is 0. The second kappa shape index (κ2) is 5.82. The molecule has 17 heavy (non-hydrogen) atoms. The predicted molar refractivity (Wildman–Crippen MR) is 67.3 cm³/mol. The summed E-state index contributed by atoms with van der Waals surface area (Å²) in [5.74, 6) is 0.345. The standard InChI is InChI=1S/C14H20O3/c1-6-13(16-5)12-8-7-9(2)10(3)14(12)17-11(4)15/h7-8,13H,6H2,1-5H3. The highest BCUT2D eigenvalue weighted by Gasteiger charge is 2.18. The number of hydrogen-bond acceptors (Lipinski definition) is 3. The van der Waals surface area contributed by atoms with Crippen LogP contribution in [-0.4, -0.2) is 13.1 Å². The molecule has 1 atom stereocenters. The number of rotatable bonds is 4. The molecule has 0 radical (unpaired) electrons. The fraction of sp³-hybridized carbons (Fsp3) is 0.500.